The first kappa shape index (κ1) is 12.2. The van der Waals surface area contributed by atoms with Crippen LogP contribution in [-0.2, 0) is 13.1 Å². The van der Waals surface area contributed by atoms with E-state index in [9.17, 15) is 0 Å². The second kappa shape index (κ2) is 5.91. The maximum atomic E-state index is 4.25. The van der Waals surface area contributed by atoms with Crippen molar-refractivity contribution in [1.82, 2.24) is 15.1 Å². The molecule has 15 heavy (non-hydrogen) atoms. The molecule has 0 amide bonds. The second-order valence-electron chi connectivity index (χ2n) is 4.62. The Morgan fingerprint density at radius 1 is 1.40 bits per heavy atom. The normalized spacial score (nSPS) is 13.4. The van der Waals surface area contributed by atoms with Gasteiger partial charge in [0.2, 0.25) is 0 Å². The summed E-state index contributed by atoms with van der Waals surface area (Å²) in [7, 11) is 0. The monoisotopic (exact) mass is 209 g/mol. The minimum Gasteiger partial charge on any atom is -0.310 e. The molecule has 0 radical (unpaired) electrons. The average molecular weight is 209 g/mol. The lowest BCUT2D eigenvalue weighted by Crippen LogP contribution is -2.26. The third-order valence-corrected chi connectivity index (χ3v) is 2.49. The Hall–Kier alpha value is -0.830. The zero-order valence-electron chi connectivity index (χ0n) is 10.3. The van der Waals surface area contributed by atoms with Crippen LogP contribution in [0.25, 0.3) is 0 Å². The van der Waals surface area contributed by atoms with Crippen LogP contribution in [0.3, 0.4) is 0 Å². The van der Waals surface area contributed by atoms with Gasteiger partial charge in [0.15, 0.2) is 0 Å². The third-order valence-electron chi connectivity index (χ3n) is 2.49. The summed E-state index contributed by atoms with van der Waals surface area (Å²) in [6.07, 6.45) is 5.27. The molecule has 0 aromatic carbocycles. The molecule has 0 spiro atoms. The van der Waals surface area contributed by atoms with Gasteiger partial charge in [0.25, 0.3) is 0 Å². The van der Waals surface area contributed by atoms with Crippen LogP contribution >= 0.6 is 0 Å². The largest absolute Gasteiger partial charge is 0.310 e. The molecule has 0 bridgehead atoms. The van der Waals surface area contributed by atoms with E-state index in [1.54, 1.807) is 0 Å². The Kier molecular flexibility index (Phi) is 4.82. The van der Waals surface area contributed by atoms with E-state index in [-0.39, 0.29) is 0 Å². The predicted octanol–water partition coefficient (Wildman–Crippen LogP) is 2.43. The van der Waals surface area contributed by atoms with Crippen LogP contribution in [0.4, 0.5) is 0 Å². The summed E-state index contributed by atoms with van der Waals surface area (Å²) in [6, 6.07) is 0.579. The number of aromatic nitrogens is 2. The van der Waals surface area contributed by atoms with Gasteiger partial charge in [-0.2, -0.15) is 5.10 Å². The van der Waals surface area contributed by atoms with Gasteiger partial charge in [-0.1, -0.05) is 13.8 Å². The molecule has 0 aliphatic heterocycles. The molecule has 3 nitrogen and oxygen atoms in total. The number of hydrogen-bond acceptors (Lipinski definition) is 2. The molecule has 1 atom stereocenters. The second-order valence-corrected chi connectivity index (χ2v) is 4.62. The zero-order chi connectivity index (χ0) is 11.3. The smallest absolute Gasteiger partial charge is 0.0534 e. The molecular formula is C12H23N3. The van der Waals surface area contributed by atoms with E-state index < -0.39 is 0 Å². The summed E-state index contributed by atoms with van der Waals surface area (Å²) in [6.45, 7) is 10.7. The molecule has 0 saturated heterocycles. The fraction of sp³-hybridized carbons (Fsp3) is 0.750. The highest BCUT2D eigenvalue weighted by atomic mass is 15.3. The first-order valence-electron chi connectivity index (χ1n) is 5.86. The van der Waals surface area contributed by atoms with Crippen LogP contribution in [0.2, 0.25) is 0 Å². The summed E-state index contributed by atoms with van der Waals surface area (Å²) < 4.78 is 1.96. The van der Waals surface area contributed by atoms with Gasteiger partial charge in [0.05, 0.1) is 6.20 Å². The molecule has 0 aliphatic rings. The van der Waals surface area contributed by atoms with Crippen molar-refractivity contribution >= 4 is 0 Å². The minimum absolute atomic E-state index is 0.579. The van der Waals surface area contributed by atoms with Crippen molar-refractivity contribution in [2.75, 3.05) is 0 Å². The molecule has 1 aromatic heterocycles. The van der Waals surface area contributed by atoms with Crippen molar-refractivity contribution in [3.63, 3.8) is 0 Å². The lowest BCUT2D eigenvalue weighted by atomic mass is 10.1. The van der Waals surface area contributed by atoms with Crippen molar-refractivity contribution in [2.24, 2.45) is 5.92 Å². The van der Waals surface area contributed by atoms with Crippen molar-refractivity contribution < 1.29 is 0 Å². The lowest BCUT2D eigenvalue weighted by molar-refractivity contribution is 0.441. The molecule has 86 valence electrons. The Morgan fingerprint density at radius 2 is 2.13 bits per heavy atom. The van der Waals surface area contributed by atoms with E-state index in [1.165, 1.54) is 12.0 Å². The molecule has 0 saturated carbocycles. The molecule has 1 unspecified atom stereocenters. The van der Waals surface area contributed by atoms with Crippen molar-refractivity contribution in [1.29, 1.82) is 0 Å². The van der Waals surface area contributed by atoms with Gasteiger partial charge >= 0.3 is 0 Å². The Balaban J connectivity index is 2.30. The molecule has 1 aromatic rings. The average Bonchev–Trinajstić information content (AvgIpc) is 2.61. The Morgan fingerprint density at radius 3 is 2.67 bits per heavy atom. The van der Waals surface area contributed by atoms with Gasteiger partial charge < -0.3 is 5.32 Å². The third kappa shape index (κ3) is 4.47. The molecule has 1 rings (SSSR count). The Labute approximate surface area is 92.9 Å². The molecule has 3 heteroatoms. The highest BCUT2D eigenvalue weighted by Gasteiger charge is 2.04. The topological polar surface area (TPSA) is 29.9 Å². The summed E-state index contributed by atoms with van der Waals surface area (Å²) in [5, 5.41) is 7.76. The molecule has 0 aliphatic carbocycles. The maximum Gasteiger partial charge on any atom is 0.0534 e. The van der Waals surface area contributed by atoms with E-state index in [0.29, 0.717) is 6.04 Å². The molecule has 1 N–H and O–H groups in total. The van der Waals surface area contributed by atoms with Crippen LogP contribution in [0.1, 0.15) is 39.7 Å². The van der Waals surface area contributed by atoms with E-state index in [2.05, 4.69) is 44.3 Å². The highest BCUT2D eigenvalue weighted by Crippen LogP contribution is 2.05. The standard InChI is InChI=1S/C12H23N3/c1-5-15-9-12(8-14-15)7-13-11(4)6-10(2)3/h8-11,13H,5-7H2,1-4H3. The quantitative estimate of drug-likeness (QED) is 0.780. The summed E-state index contributed by atoms with van der Waals surface area (Å²) in [4.78, 5) is 0. The van der Waals surface area contributed by atoms with Gasteiger partial charge in [-0.3, -0.25) is 4.68 Å². The number of aryl methyl sites for hydroxylation is 1. The van der Waals surface area contributed by atoms with E-state index in [1.807, 2.05) is 10.9 Å². The molecule has 0 fully saturated rings. The van der Waals surface area contributed by atoms with Crippen molar-refractivity contribution in [3.05, 3.63) is 18.0 Å². The van der Waals surface area contributed by atoms with Gasteiger partial charge in [0.1, 0.15) is 0 Å². The summed E-state index contributed by atoms with van der Waals surface area (Å²) in [5.41, 5.74) is 1.27. The van der Waals surface area contributed by atoms with Crippen LogP contribution in [0.5, 0.6) is 0 Å². The SMILES string of the molecule is CCn1cc(CNC(C)CC(C)C)cn1. The number of nitrogens with zero attached hydrogens (tertiary/aromatic N) is 2. The number of hydrogen-bond donors (Lipinski definition) is 1. The van der Waals surface area contributed by atoms with Gasteiger partial charge in [-0.15, -0.1) is 0 Å². The minimum atomic E-state index is 0.579. The zero-order valence-corrected chi connectivity index (χ0v) is 10.3. The highest BCUT2D eigenvalue weighted by molar-refractivity contribution is 5.03. The number of rotatable bonds is 6. The van der Waals surface area contributed by atoms with Gasteiger partial charge in [-0.25, -0.2) is 0 Å². The fourth-order valence-electron chi connectivity index (χ4n) is 1.75. The van der Waals surface area contributed by atoms with Crippen molar-refractivity contribution in [3.8, 4) is 0 Å². The summed E-state index contributed by atoms with van der Waals surface area (Å²) >= 11 is 0. The van der Waals surface area contributed by atoms with Gasteiger partial charge in [-0.05, 0) is 26.2 Å². The van der Waals surface area contributed by atoms with Crippen LogP contribution in [0, 0.1) is 5.92 Å². The van der Waals surface area contributed by atoms with E-state index >= 15 is 0 Å². The van der Waals surface area contributed by atoms with Crippen LogP contribution < -0.4 is 5.32 Å². The number of nitrogens with one attached hydrogen (secondary N) is 1. The lowest BCUT2D eigenvalue weighted by Gasteiger charge is -2.14. The Bertz CT molecular complexity index is 278. The maximum absolute atomic E-state index is 4.25. The first-order chi connectivity index (χ1) is 7.11. The van der Waals surface area contributed by atoms with E-state index in [4.69, 9.17) is 0 Å². The summed E-state index contributed by atoms with van der Waals surface area (Å²) in [5.74, 6) is 0.755. The molecule has 1 heterocycles. The van der Waals surface area contributed by atoms with Crippen molar-refractivity contribution in [2.45, 2.75) is 53.2 Å². The van der Waals surface area contributed by atoms with Crippen LogP contribution in [0.15, 0.2) is 12.4 Å². The first-order valence-corrected chi connectivity index (χ1v) is 5.86. The van der Waals surface area contributed by atoms with Crippen LogP contribution in [-0.4, -0.2) is 15.8 Å². The molecular weight excluding hydrogens is 186 g/mol. The fourth-order valence-corrected chi connectivity index (χ4v) is 1.75. The van der Waals surface area contributed by atoms with Gasteiger partial charge in [0, 0.05) is 30.9 Å². The van der Waals surface area contributed by atoms with E-state index in [0.717, 1.165) is 19.0 Å². The predicted molar refractivity (Wildman–Crippen MR) is 63.7 cm³/mol.